The SMILES string of the molecule is CC1CCCN(C(=O)CN(CCO)Cc2ccsc2)C1. The van der Waals surface area contributed by atoms with E-state index in [4.69, 9.17) is 5.11 Å². The van der Waals surface area contributed by atoms with E-state index in [9.17, 15) is 4.79 Å². The topological polar surface area (TPSA) is 43.8 Å². The molecule has 4 nitrogen and oxygen atoms in total. The molecule has 1 aliphatic rings. The first-order chi connectivity index (χ1) is 9.69. The normalized spacial score (nSPS) is 19.6. The van der Waals surface area contributed by atoms with Gasteiger partial charge in [0.05, 0.1) is 13.2 Å². The zero-order valence-electron chi connectivity index (χ0n) is 12.1. The first-order valence-corrected chi connectivity index (χ1v) is 8.25. The van der Waals surface area contributed by atoms with E-state index in [1.165, 1.54) is 12.0 Å². The van der Waals surface area contributed by atoms with Gasteiger partial charge in [-0.2, -0.15) is 11.3 Å². The van der Waals surface area contributed by atoms with Gasteiger partial charge in [-0.05, 0) is 41.1 Å². The van der Waals surface area contributed by atoms with Crippen molar-refractivity contribution in [2.24, 2.45) is 5.92 Å². The molecular formula is C15H24N2O2S. The summed E-state index contributed by atoms with van der Waals surface area (Å²) in [5, 5.41) is 13.3. The van der Waals surface area contributed by atoms with Gasteiger partial charge in [0.2, 0.25) is 5.91 Å². The summed E-state index contributed by atoms with van der Waals surface area (Å²) in [6, 6.07) is 2.07. The number of likely N-dealkylation sites (tertiary alicyclic amines) is 1. The fraction of sp³-hybridized carbons (Fsp3) is 0.667. The van der Waals surface area contributed by atoms with Crippen LogP contribution in [0.25, 0.3) is 0 Å². The minimum absolute atomic E-state index is 0.0911. The van der Waals surface area contributed by atoms with Gasteiger partial charge in [-0.3, -0.25) is 9.69 Å². The molecule has 0 radical (unpaired) electrons. The quantitative estimate of drug-likeness (QED) is 0.870. The maximum atomic E-state index is 12.4. The van der Waals surface area contributed by atoms with E-state index in [2.05, 4.69) is 18.4 Å². The van der Waals surface area contributed by atoms with Gasteiger partial charge in [-0.1, -0.05) is 6.92 Å². The molecule has 1 aromatic heterocycles. The van der Waals surface area contributed by atoms with Crippen LogP contribution in [-0.4, -0.2) is 53.6 Å². The lowest BCUT2D eigenvalue weighted by molar-refractivity contribution is -0.134. The summed E-state index contributed by atoms with van der Waals surface area (Å²) in [6.45, 7) is 5.75. The van der Waals surface area contributed by atoms with E-state index in [0.717, 1.165) is 26.1 Å². The third-order valence-corrected chi connectivity index (χ3v) is 4.50. The molecule has 0 saturated carbocycles. The lowest BCUT2D eigenvalue weighted by Gasteiger charge is -2.32. The Morgan fingerprint density at radius 2 is 2.45 bits per heavy atom. The molecule has 20 heavy (non-hydrogen) atoms. The van der Waals surface area contributed by atoms with E-state index in [1.54, 1.807) is 11.3 Å². The third-order valence-electron chi connectivity index (χ3n) is 3.77. The number of rotatable bonds is 6. The fourth-order valence-corrected chi connectivity index (χ4v) is 3.36. The van der Waals surface area contributed by atoms with Gasteiger partial charge in [-0.25, -0.2) is 0 Å². The summed E-state index contributed by atoms with van der Waals surface area (Å²) < 4.78 is 0. The molecule has 1 aromatic rings. The molecule has 1 unspecified atom stereocenters. The van der Waals surface area contributed by atoms with Crippen molar-refractivity contribution in [3.05, 3.63) is 22.4 Å². The molecule has 2 heterocycles. The van der Waals surface area contributed by atoms with E-state index < -0.39 is 0 Å². The van der Waals surface area contributed by atoms with Crippen LogP contribution < -0.4 is 0 Å². The second-order valence-electron chi connectivity index (χ2n) is 5.65. The largest absolute Gasteiger partial charge is 0.395 e. The number of piperidine rings is 1. The van der Waals surface area contributed by atoms with Crippen LogP contribution >= 0.6 is 11.3 Å². The standard InChI is InChI=1S/C15H24N2O2S/c1-13-3-2-5-17(9-13)15(19)11-16(6-7-18)10-14-4-8-20-12-14/h4,8,12-13,18H,2-3,5-7,9-11H2,1H3. The predicted octanol–water partition coefficient (Wildman–Crippen LogP) is 1.80. The first-order valence-electron chi connectivity index (χ1n) is 7.31. The molecule has 112 valence electrons. The van der Waals surface area contributed by atoms with Crippen LogP contribution in [0, 0.1) is 5.92 Å². The van der Waals surface area contributed by atoms with Crippen LogP contribution in [0.3, 0.4) is 0 Å². The highest BCUT2D eigenvalue weighted by Gasteiger charge is 2.22. The average Bonchev–Trinajstić information content (AvgIpc) is 2.92. The molecular weight excluding hydrogens is 272 g/mol. The number of nitrogens with zero attached hydrogens (tertiary/aromatic N) is 2. The molecule has 2 rings (SSSR count). The van der Waals surface area contributed by atoms with Crippen LogP contribution in [0.15, 0.2) is 16.8 Å². The molecule has 1 fully saturated rings. The average molecular weight is 296 g/mol. The van der Waals surface area contributed by atoms with Crippen molar-refractivity contribution in [2.75, 3.05) is 32.8 Å². The molecule has 0 bridgehead atoms. The summed E-state index contributed by atoms with van der Waals surface area (Å²) in [5.74, 6) is 0.802. The van der Waals surface area contributed by atoms with E-state index in [-0.39, 0.29) is 12.5 Å². The van der Waals surface area contributed by atoms with Gasteiger partial charge in [0, 0.05) is 26.2 Å². The van der Waals surface area contributed by atoms with Gasteiger partial charge in [0.25, 0.3) is 0 Å². The number of carbonyl (C=O) groups excluding carboxylic acids is 1. The second kappa shape index (κ2) is 7.76. The molecule has 1 N–H and O–H groups in total. The summed E-state index contributed by atoms with van der Waals surface area (Å²) in [4.78, 5) is 16.4. The van der Waals surface area contributed by atoms with Crippen LogP contribution in [0.1, 0.15) is 25.3 Å². The Bertz CT molecular complexity index is 408. The van der Waals surface area contributed by atoms with Crippen molar-refractivity contribution in [3.8, 4) is 0 Å². The number of aliphatic hydroxyl groups is 1. The number of hydrogen-bond acceptors (Lipinski definition) is 4. The van der Waals surface area contributed by atoms with Crippen molar-refractivity contribution < 1.29 is 9.90 Å². The lowest BCUT2D eigenvalue weighted by atomic mass is 10.0. The Labute approximate surface area is 125 Å². The Kier molecular flexibility index (Phi) is 6.01. The van der Waals surface area contributed by atoms with Crippen molar-refractivity contribution >= 4 is 17.2 Å². The van der Waals surface area contributed by atoms with Crippen molar-refractivity contribution in [1.82, 2.24) is 9.80 Å². The highest BCUT2D eigenvalue weighted by Crippen LogP contribution is 2.16. The Morgan fingerprint density at radius 1 is 1.60 bits per heavy atom. The molecule has 5 heteroatoms. The molecule has 0 spiro atoms. The summed E-state index contributed by atoms with van der Waals surface area (Å²) >= 11 is 1.66. The predicted molar refractivity (Wildman–Crippen MR) is 81.7 cm³/mol. The molecule has 1 saturated heterocycles. The van der Waals surface area contributed by atoms with Crippen LogP contribution in [-0.2, 0) is 11.3 Å². The molecule has 1 amide bonds. The molecule has 0 aliphatic carbocycles. The number of hydrogen-bond donors (Lipinski definition) is 1. The van der Waals surface area contributed by atoms with Crippen LogP contribution in [0.2, 0.25) is 0 Å². The minimum Gasteiger partial charge on any atom is -0.395 e. The maximum Gasteiger partial charge on any atom is 0.236 e. The Morgan fingerprint density at radius 3 is 3.10 bits per heavy atom. The fourth-order valence-electron chi connectivity index (χ4n) is 2.70. The van der Waals surface area contributed by atoms with Crippen molar-refractivity contribution in [3.63, 3.8) is 0 Å². The minimum atomic E-state index is 0.0911. The number of thiophene rings is 1. The highest BCUT2D eigenvalue weighted by atomic mass is 32.1. The molecule has 1 atom stereocenters. The highest BCUT2D eigenvalue weighted by molar-refractivity contribution is 7.07. The van der Waals surface area contributed by atoms with Gasteiger partial charge in [-0.15, -0.1) is 0 Å². The smallest absolute Gasteiger partial charge is 0.236 e. The first kappa shape index (κ1) is 15.5. The van der Waals surface area contributed by atoms with Crippen molar-refractivity contribution in [2.45, 2.75) is 26.3 Å². The second-order valence-corrected chi connectivity index (χ2v) is 6.43. The third kappa shape index (κ3) is 4.58. The monoisotopic (exact) mass is 296 g/mol. The number of carbonyl (C=O) groups is 1. The number of amides is 1. The molecule has 0 aromatic carbocycles. The van der Waals surface area contributed by atoms with E-state index in [0.29, 0.717) is 19.0 Å². The van der Waals surface area contributed by atoms with E-state index in [1.807, 2.05) is 15.2 Å². The van der Waals surface area contributed by atoms with Gasteiger partial charge >= 0.3 is 0 Å². The van der Waals surface area contributed by atoms with Gasteiger partial charge in [0.1, 0.15) is 0 Å². The van der Waals surface area contributed by atoms with Gasteiger partial charge in [0.15, 0.2) is 0 Å². The summed E-state index contributed by atoms with van der Waals surface area (Å²) in [5.41, 5.74) is 1.21. The van der Waals surface area contributed by atoms with Crippen molar-refractivity contribution in [1.29, 1.82) is 0 Å². The Hall–Kier alpha value is -0.910. The zero-order chi connectivity index (χ0) is 14.4. The van der Waals surface area contributed by atoms with Crippen LogP contribution in [0.4, 0.5) is 0 Å². The Balaban J connectivity index is 1.88. The van der Waals surface area contributed by atoms with E-state index >= 15 is 0 Å². The maximum absolute atomic E-state index is 12.4. The van der Waals surface area contributed by atoms with Gasteiger partial charge < -0.3 is 10.0 Å². The zero-order valence-corrected chi connectivity index (χ0v) is 12.9. The molecule has 1 aliphatic heterocycles. The number of aliphatic hydroxyl groups excluding tert-OH is 1. The summed E-state index contributed by atoms with van der Waals surface area (Å²) in [6.07, 6.45) is 2.33. The summed E-state index contributed by atoms with van der Waals surface area (Å²) in [7, 11) is 0. The lowest BCUT2D eigenvalue weighted by Crippen LogP contribution is -2.45. The van der Waals surface area contributed by atoms with Crippen LogP contribution in [0.5, 0.6) is 0 Å².